The normalized spacial score (nSPS) is 33.3. The Kier molecular flexibility index (Phi) is 1.37. The molecule has 0 aliphatic carbocycles. The summed E-state index contributed by atoms with van der Waals surface area (Å²) in [6, 6.07) is 0.391. The van der Waals surface area contributed by atoms with Gasteiger partial charge in [0, 0.05) is 19.0 Å². The van der Waals surface area contributed by atoms with E-state index in [4.69, 9.17) is 5.73 Å². The average molecular weight is 152 g/mol. The molecule has 2 aliphatic rings. The van der Waals surface area contributed by atoms with E-state index in [1.54, 1.807) is 0 Å². The molecule has 2 bridgehead atoms. The van der Waals surface area contributed by atoms with Crippen molar-refractivity contribution in [3.8, 4) is 0 Å². The van der Waals surface area contributed by atoms with Crippen molar-refractivity contribution in [3.05, 3.63) is 12.3 Å². The lowest BCUT2D eigenvalue weighted by Crippen LogP contribution is -2.29. The fraction of sp³-hybridized carbons (Fsp3) is 0.625. The van der Waals surface area contributed by atoms with Crippen LogP contribution in [0.25, 0.3) is 0 Å². The molecule has 2 unspecified atom stereocenters. The molecule has 11 heavy (non-hydrogen) atoms. The zero-order valence-corrected chi connectivity index (χ0v) is 6.36. The second-order valence-corrected chi connectivity index (χ2v) is 3.36. The Morgan fingerprint density at radius 3 is 3.00 bits per heavy atom. The van der Waals surface area contributed by atoms with Crippen LogP contribution in [0, 0.1) is 5.92 Å². The molecule has 0 spiro atoms. The second kappa shape index (κ2) is 2.26. The number of hydrogen-bond acceptors (Lipinski definition) is 2. The van der Waals surface area contributed by atoms with E-state index in [2.05, 4.69) is 17.2 Å². The summed E-state index contributed by atoms with van der Waals surface area (Å²) in [6.07, 6.45) is 5.92. The third-order valence-corrected chi connectivity index (χ3v) is 2.48. The van der Waals surface area contributed by atoms with Gasteiger partial charge in [0.1, 0.15) is 0 Å². The fourth-order valence-corrected chi connectivity index (χ4v) is 1.97. The third-order valence-electron chi connectivity index (χ3n) is 2.48. The lowest BCUT2D eigenvalue weighted by Gasteiger charge is -2.20. The molecule has 3 heteroatoms. The van der Waals surface area contributed by atoms with E-state index < -0.39 is 0 Å². The van der Waals surface area contributed by atoms with Crippen LogP contribution in [0.15, 0.2) is 12.3 Å². The van der Waals surface area contributed by atoms with Gasteiger partial charge < -0.3 is 10.6 Å². The summed E-state index contributed by atoms with van der Waals surface area (Å²) < 4.78 is 0. The van der Waals surface area contributed by atoms with Gasteiger partial charge in [0.25, 0.3) is 0 Å². The first-order valence-corrected chi connectivity index (χ1v) is 3.98. The highest BCUT2D eigenvalue weighted by Gasteiger charge is 2.33. The molecule has 1 amide bonds. The minimum absolute atomic E-state index is 0.184. The van der Waals surface area contributed by atoms with Crippen molar-refractivity contribution in [2.24, 2.45) is 11.7 Å². The molecule has 0 radical (unpaired) electrons. The molecule has 1 fully saturated rings. The van der Waals surface area contributed by atoms with Crippen molar-refractivity contribution in [2.75, 3.05) is 6.54 Å². The number of hydrogen-bond donors (Lipinski definition) is 1. The maximum atomic E-state index is 10.6. The molecule has 0 aromatic rings. The van der Waals surface area contributed by atoms with E-state index in [9.17, 15) is 4.79 Å². The van der Waals surface area contributed by atoms with Gasteiger partial charge in [-0.2, -0.15) is 0 Å². The van der Waals surface area contributed by atoms with Gasteiger partial charge >= 0.3 is 0 Å². The van der Waals surface area contributed by atoms with E-state index >= 15 is 0 Å². The monoisotopic (exact) mass is 152 g/mol. The predicted octanol–water partition coefficient (Wildman–Crippen LogP) is 0.0796. The first-order chi connectivity index (χ1) is 5.25. The largest absolute Gasteiger partial charge is 0.374 e. The number of fused-ring (bicyclic) bond motifs is 2. The SMILES string of the molecule is NC(=O)CC1CC2C=CN1C2. The van der Waals surface area contributed by atoms with Crippen molar-refractivity contribution >= 4 is 5.91 Å². The first-order valence-electron chi connectivity index (χ1n) is 3.98. The number of carbonyl (C=O) groups excluding carboxylic acids is 1. The van der Waals surface area contributed by atoms with Crippen molar-refractivity contribution in [1.29, 1.82) is 0 Å². The van der Waals surface area contributed by atoms with Crippen LogP contribution in [0.1, 0.15) is 12.8 Å². The maximum Gasteiger partial charge on any atom is 0.219 e. The maximum absolute atomic E-state index is 10.6. The van der Waals surface area contributed by atoms with E-state index in [1.807, 2.05) is 0 Å². The summed E-state index contributed by atoms with van der Waals surface area (Å²) in [5, 5.41) is 0. The van der Waals surface area contributed by atoms with Gasteiger partial charge in [0.05, 0.1) is 0 Å². The van der Waals surface area contributed by atoms with Crippen molar-refractivity contribution in [1.82, 2.24) is 4.90 Å². The average Bonchev–Trinajstić information content (AvgIpc) is 2.45. The second-order valence-electron chi connectivity index (χ2n) is 3.36. The van der Waals surface area contributed by atoms with Crippen LogP contribution in [-0.4, -0.2) is 23.4 Å². The summed E-state index contributed by atoms with van der Waals surface area (Å²) in [7, 11) is 0. The Labute approximate surface area is 65.9 Å². The van der Waals surface area contributed by atoms with Crippen LogP contribution in [0.5, 0.6) is 0 Å². The van der Waals surface area contributed by atoms with Gasteiger partial charge in [-0.15, -0.1) is 0 Å². The van der Waals surface area contributed by atoms with Gasteiger partial charge in [-0.05, 0) is 18.5 Å². The molecule has 3 nitrogen and oxygen atoms in total. The third kappa shape index (κ3) is 1.11. The van der Waals surface area contributed by atoms with Gasteiger partial charge in [-0.3, -0.25) is 4.79 Å². The summed E-state index contributed by atoms with van der Waals surface area (Å²) in [4.78, 5) is 12.8. The number of nitrogens with zero attached hydrogens (tertiary/aromatic N) is 1. The predicted molar refractivity (Wildman–Crippen MR) is 41.6 cm³/mol. The topological polar surface area (TPSA) is 46.3 Å². The molecule has 60 valence electrons. The Morgan fingerprint density at radius 2 is 2.55 bits per heavy atom. The van der Waals surface area contributed by atoms with Crippen molar-refractivity contribution < 1.29 is 4.79 Å². The summed E-state index contributed by atoms with van der Waals surface area (Å²) in [5.74, 6) is 0.496. The minimum Gasteiger partial charge on any atom is -0.374 e. The molecular weight excluding hydrogens is 140 g/mol. The fourth-order valence-electron chi connectivity index (χ4n) is 1.97. The minimum atomic E-state index is -0.184. The van der Waals surface area contributed by atoms with Gasteiger partial charge in [-0.1, -0.05) is 6.08 Å². The standard InChI is InChI=1S/C8H12N2O/c9-8(11)4-7-3-6-1-2-10(7)5-6/h1-2,6-7H,3-5H2,(H2,9,11). The Hall–Kier alpha value is -0.990. The zero-order valence-electron chi connectivity index (χ0n) is 6.36. The lowest BCUT2D eigenvalue weighted by molar-refractivity contribution is -0.118. The molecule has 2 aliphatic heterocycles. The number of nitrogens with two attached hydrogens (primary N) is 1. The summed E-state index contributed by atoms with van der Waals surface area (Å²) in [6.45, 7) is 1.10. The molecule has 2 heterocycles. The van der Waals surface area contributed by atoms with Crippen molar-refractivity contribution in [2.45, 2.75) is 18.9 Å². The molecule has 2 atom stereocenters. The van der Waals surface area contributed by atoms with Crippen LogP contribution >= 0.6 is 0 Å². The molecule has 2 N–H and O–H groups in total. The quantitative estimate of drug-likeness (QED) is 0.609. The van der Waals surface area contributed by atoms with E-state index in [0.717, 1.165) is 13.0 Å². The highest BCUT2D eigenvalue weighted by molar-refractivity contribution is 5.74. The Balaban J connectivity index is 1.98. The lowest BCUT2D eigenvalue weighted by atomic mass is 10.0. The van der Waals surface area contributed by atoms with E-state index in [1.165, 1.54) is 0 Å². The van der Waals surface area contributed by atoms with E-state index in [-0.39, 0.29) is 5.91 Å². The first kappa shape index (κ1) is 6.70. The van der Waals surface area contributed by atoms with Gasteiger partial charge in [0.2, 0.25) is 5.91 Å². The van der Waals surface area contributed by atoms with Gasteiger partial charge in [0.15, 0.2) is 0 Å². The van der Waals surface area contributed by atoms with Crippen LogP contribution < -0.4 is 5.73 Å². The summed E-state index contributed by atoms with van der Waals surface area (Å²) in [5.41, 5.74) is 5.11. The zero-order chi connectivity index (χ0) is 7.84. The Bertz CT molecular complexity index is 212. The smallest absolute Gasteiger partial charge is 0.219 e. The molecular formula is C8H12N2O. The molecule has 0 saturated carbocycles. The highest BCUT2D eigenvalue weighted by atomic mass is 16.1. The van der Waals surface area contributed by atoms with E-state index in [0.29, 0.717) is 18.4 Å². The van der Waals surface area contributed by atoms with Crippen LogP contribution in [-0.2, 0) is 4.79 Å². The number of amides is 1. The summed E-state index contributed by atoms with van der Waals surface area (Å²) >= 11 is 0. The molecule has 1 saturated heterocycles. The molecule has 0 aromatic heterocycles. The highest BCUT2D eigenvalue weighted by Crippen LogP contribution is 2.31. The molecule has 2 rings (SSSR count). The van der Waals surface area contributed by atoms with Crippen LogP contribution in [0.2, 0.25) is 0 Å². The number of rotatable bonds is 2. The van der Waals surface area contributed by atoms with Crippen LogP contribution in [0.4, 0.5) is 0 Å². The Morgan fingerprint density at radius 1 is 1.73 bits per heavy atom. The van der Waals surface area contributed by atoms with Gasteiger partial charge in [-0.25, -0.2) is 0 Å². The number of primary amides is 1. The molecule has 0 aromatic carbocycles. The van der Waals surface area contributed by atoms with Crippen molar-refractivity contribution in [3.63, 3.8) is 0 Å². The number of carbonyl (C=O) groups is 1. The van der Waals surface area contributed by atoms with Crippen LogP contribution in [0.3, 0.4) is 0 Å².